The highest BCUT2D eigenvalue weighted by molar-refractivity contribution is 5.89. The fourth-order valence-electron chi connectivity index (χ4n) is 4.17. The van der Waals surface area contributed by atoms with Crippen molar-refractivity contribution in [1.82, 2.24) is 10.6 Å². The van der Waals surface area contributed by atoms with E-state index in [1.807, 2.05) is 0 Å². The molecule has 0 saturated heterocycles. The van der Waals surface area contributed by atoms with E-state index in [4.69, 9.17) is 10.2 Å². The van der Waals surface area contributed by atoms with Gasteiger partial charge in [-0.2, -0.15) is 0 Å². The minimum Gasteiger partial charge on any atom is -0.454 e. The van der Waals surface area contributed by atoms with Crippen LogP contribution in [0.5, 0.6) is 0 Å². The predicted octanol–water partition coefficient (Wildman–Crippen LogP) is 2.40. The third-order valence-corrected chi connectivity index (χ3v) is 5.44. The maximum atomic E-state index is 11.1. The van der Waals surface area contributed by atoms with Crippen molar-refractivity contribution in [2.75, 3.05) is 7.05 Å². The molecule has 1 amide bonds. The van der Waals surface area contributed by atoms with Gasteiger partial charge in [-0.15, -0.1) is 0 Å². The molecular weight excluding hydrogens is 304 g/mol. The van der Waals surface area contributed by atoms with Crippen LogP contribution in [-0.4, -0.2) is 25.0 Å². The molecule has 0 radical (unpaired) electrons. The van der Waals surface area contributed by atoms with Crippen LogP contribution < -0.4 is 16.4 Å². The van der Waals surface area contributed by atoms with Crippen LogP contribution in [0.15, 0.2) is 21.5 Å². The summed E-state index contributed by atoms with van der Waals surface area (Å²) in [4.78, 5) is 15.4. The molecule has 4 N–H and O–H groups in total. The normalized spacial score (nSPS) is 27.4. The lowest BCUT2D eigenvalue weighted by Gasteiger charge is -2.39. The number of rotatable bonds is 4. The van der Waals surface area contributed by atoms with Crippen molar-refractivity contribution in [1.29, 1.82) is 0 Å². The third kappa shape index (κ3) is 4.10. The van der Waals surface area contributed by atoms with Crippen LogP contribution in [0.4, 0.5) is 0 Å². The summed E-state index contributed by atoms with van der Waals surface area (Å²) < 4.78 is 5.38. The fourth-order valence-corrected chi connectivity index (χ4v) is 4.17. The number of primary amides is 1. The second kappa shape index (κ2) is 7.73. The number of aliphatic imine (C=N–C) groups is 1. The second-order valence-corrected chi connectivity index (χ2v) is 7.01. The number of carbonyl (C=O) groups is 1. The molecule has 1 aromatic heterocycles. The van der Waals surface area contributed by atoms with Gasteiger partial charge in [0.05, 0.1) is 6.54 Å². The summed E-state index contributed by atoms with van der Waals surface area (Å²) in [6.45, 7) is 0.478. The van der Waals surface area contributed by atoms with Gasteiger partial charge in [-0.1, -0.05) is 25.7 Å². The van der Waals surface area contributed by atoms with Crippen molar-refractivity contribution in [3.8, 4) is 0 Å². The summed E-state index contributed by atoms with van der Waals surface area (Å²) in [6.07, 6.45) is 9.41. The monoisotopic (exact) mass is 332 g/mol. The second-order valence-electron chi connectivity index (χ2n) is 7.01. The summed E-state index contributed by atoms with van der Waals surface area (Å²) in [5.74, 6) is 2.92. The summed E-state index contributed by atoms with van der Waals surface area (Å²) >= 11 is 0. The van der Waals surface area contributed by atoms with E-state index in [2.05, 4.69) is 15.6 Å². The number of hydrogen-bond acceptors (Lipinski definition) is 3. The molecule has 3 unspecified atom stereocenters. The highest BCUT2D eigenvalue weighted by Crippen LogP contribution is 2.40. The number of nitrogens with one attached hydrogen (secondary N) is 2. The van der Waals surface area contributed by atoms with Crippen LogP contribution in [0.25, 0.3) is 0 Å². The van der Waals surface area contributed by atoms with Crippen molar-refractivity contribution in [3.05, 3.63) is 23.7 Å². The van der Waals surface area contributed by atoms with E-state index in [-0.39, 0.29) is 5.76 Å². The van der Waals surface area contributed by atoms with Crippen LogP contribution in [0.1, 0.15) is 61.3 Å². The van der Waals surface area contributed by atoms with Crippen molar-refractivity contribution >= 4 is 11.9 Å². The molecule has 0 aliphatic heterocycles. The molecule has 24 heavy (non-hydrogen) atoms. The third-order valence-electron chi connectivity index (χ3n) is 5.44. The standard InChI is InChI=1S/C18H28N4O2/c1-20-18(21-11-15-8-9-16(24-15)17(19)23)22-14-7-6-12-4-2-3-5-13(12)10-14/h8-9,12-14H,2-7,10-11H2,1H3,(H2,19,23)(H2,20,21,22). The van der Waals surface area contributed by atoms with E-state index in [1.165, 1.54) is 44.9 Å². The van der Waals surface area contributed by atoms with Crippen LogP contribution >= 0.6 is 0 Å². The van der Waals surface area contributed by atoms with E-state index < -0.39 is 5.91 Å². The SMILES string of the molecule is CN=C(NCc1ccc(C(N)=O)o1)NC1CCC2CCCCC2C1. The highest BCUT2D eigenvalue weighted by Gasteiger charge is 2.32. The number of nitrogens with two attached hydrogens (primary N) is 1. The number of amides is 1. The van der Waals surface area contributed by atoms with Gasteiger partial charge in [0.25, 0.3) is 5.91 Å². The van der Waals surface area contributed by atoms with Gasteiger partial charge in [0.2, 0.25) is 0 Å². The molecule has 3 rings (SSSR count). The van der Waals surface area contributed by atoms with Crippen LogP contribution in [0, 0.1) is 11.8 Å². The summed E-state index contributed by atoms with van der Waals surface area (Å²) in [6, 6.07) is 3.85. The van der Waals surface area contributed by atoms with E-state index >= 15 is 0 Å². The smallest absolute Gasteiger partial charge is 0.284 e. The molecule has 132 valence electrons. The predicted molar refractivity (Wildman–Crippen MR) is 93.6 cm³/mol. The maximum Gasteiger partial charge on any atom is 0.284 e. The van der Waals surface area contributed by atoms with Crippen LogP contribution in [0.2, 0.25) is 0 Å². The van der Waals surface area contributed by atoms with E-state index in [1.54, 1.807) is 19.2 Å². The number of guanidine groups is 1. The Morgan fingerprint density at radius 1 is 1.25 bits per heavy atom. The largest absolute Gasteiger partial charge is 0.454 e. The molecule has 2 aliphatic rings. The number of nitrogens with zero attached hydrogens (tertiary/aromatic N) is 1. The molecule has 6 heteroatoms. The lowest BCUT2D eigenvalue weighted by atomic mass is 9.69. The first-order chi connectivity index (χ1) is 11.7. The minimum absolute atomic E-state index is 0.186. The van der Waals surface area contributed by atoms with Crippen LogP contribution in [0.3, 0.4) is 0 Å². The molecule has 0 bridgehead atoms. The van der Waals surface area contributed by atoms with Crippen molar-refractivity contribution in [3.63, 3.8) is 0 Å². The van der Waals surface area contributed by atoms with Gasteiger partial charge >= 0.3 is 0 Å². The van der Waals surface area contributed by atoms with E-state index in [9.17, 15) is 4.79 Å². The molecular formula is C18H28N4O2. The zero-order valence-corrected chi connectivity index (χ0v) is 14.4. The molecule has 2 saturated carbocycles. The van der Waals surface area contributed by atoms with E-state index in [0.717, 1.165) is 17.8 Å². The lowest BCUT2D eigenvalue weighted by molar-refractivity contribution is 0.0972. The summed E-state index contributed by atoms with van der Waals surface area (Å²) in [5, 5.41) is 6.79. The Hall–Kier alpha value is -1.98. The first-order valence-corrected chi connectivity index (χ1v) is 9.01. The Morgan fingerprint density at radius 2 is 2.04 bits per heavy atom. The lowest BCUT2D eigenvalue weighted by Crippen LogP contribution is -2.46. The van der Waals surface area contributed by atoms with Crippen molar-refractivity contribution < 1.29 is 9.21 Å². The Morgan fingerprint density at radius 3 is 2.75 bits per heavy atom. The van der Waals surface area contributed by atoms with Gasteiger partial charge in [-0.3, -0.25) is 9.79 Å². The molecule has 1 aromatic rings. The Kier molecular flexibility index (Phi) is 5.43. The quantitative estimate of drug-likeness (QED) is 0.583. The minimum atomic E-state index is -0.548. The Bertz CT molecular complexity index is 596. The van der Waals surface area contributed by atoms with Gasteiger partial charge in [0.1, 0.15) is 5.76 Å². The molecule has 1 heterocycles. The number of furan rings is 1. The molecule has 2 aliphatic carbocycles. The first kappa shape index (κ1) is 16.9. The van der Waals surface area contributed by atoms with Gasteiger partial charge in [-0.25, -0.2) is 0 Å². The first-order valence-electron chi connectivity index (χ1n) is 9.01. The topological polar surface area (TPSA) is 92.6 Å². The molecule has 2 fully saturated rings. The number of carbonyl (C=O) groups excluding carboxylic acids is 1. The number of fused-ring (bicyclic) bond motifs is 1. The molecule has 0 spiro atoms. The van der Waals surface area contributed by atoms with Crippen molar-refractivity contribution in [2.45, 2.75) is 57.5 Å². The fraction of sp³-hybridized carbons (Fsp3) is 0.667. The summed E-state index contributed by atoms with van der Waals surface area (Å²) in [7, 11) is 1.78. The molecule has 6 nitrogen and oxygen atoms in total. The van der Waals surface area contributed by atoms with Gasteiger partial charge in [0.15, 0.2) is 11.7 Å². The average Bonchev–Trinajstić information content (AvgIpc) is 3.08. The molecule has 3 atom stereocenters. The van der Waals surface area contributed by atoms with Gasteiger partial charge in [0, 0.05) is 13.1 Å². The maximum absolute atomic E-state index is 11.1. The Labute approximate surface area is 143 Å². The molecule has 0 aromatic carbocycles. The van der Waals surface area contributed by atoms with Gasteiger partial charge < -0.3 is 20.8 Å². The average molecular weight is 332 g/mol. The Balaban J connectivity index is 1.48. The summed E-state index contributed by atoms with van der Waals surface area (Å²) in [5.41, 5.74) is 5.20. The zero-order chi connectivity index (χ0) is 16.9. The van der Waals surface area contributed by atoms with Crippen molar-refractivity contribution in [2.24, 2.45) is 22.6 Å². The van der Waals surface area contributed by atoms with E-state index in [0.29, 0.717) is 18.3 Å². The zero-order valence-electron chi connectivity index (χ0n) is 14.4. The highest BCUT2D eigenvalue weighted by atomic mass is 16.3. The van der Waals surface area contributed by atoms with Crippen LogP contribution in [-0.2, 0) is 6.54 Å². The van der Waals surface area contributed by atoms with Gasteiger partial charge in [-0.05, 0) is 43.2 Å². The number of hydrogen-bond donors (Lipinski definition) is 3.